The number of benzene rings is 2. The molecule has 0 aliphatic heterocycles. The maximum atomic E-state index is 12.3. The Hall–Kier alpha value is -3.87. The number of para-hydroxylation sites is 2. The molecule has 30 heavy (non-hydrogen) atoms. The first-order valence-electron chi connectivity index (χ1n) is 9.61. The third-order valence-corrected chi connectivity index (χ3v) is 4.01. The lowest BCUT2D eigenvalue weighted by atomic mass is 10.2. The number of ether oxygens (including phenoxy) is 2. The van der Waals surface area contributed by atoms with E-state index >= 15 is 0 Å². The predicted octanol–water partition coefficient (Wildman–Crippen LogP) is 2.70. The first-order valence-corrected chi connectivity index (χ1v) is 9.61. The van der Waals surface area contributed by atoms with Gasteiger partial charge in [0.2, 0.25) is 0 Å². The summed E-state index contributed by atoms with van der Waals surface area (Å²) in [6.45, 7) is 1.31. The lowest BCUT2D eigenvalue weighted by Crippen LogP contribution is -2.31. The number of pyridine rings is 1. The van der Waals surface area contributed by atoms with Gasteiger partial charge in [-0.25, -0.2) is 4.98 Å². The number of hydrogen-bond donors (Lipinski definition) is 2. The zero-order valence-corrected chi connectivity index (χ0v) is 16.4. The molecule has 0 atom stereocenters. The van der Waals surface area contributed by atoms with Crippen LogP contribution in [-0.4, -0.2) is 43.1 Å². The molecule has 0 fully saturated rings. The molecule has 1 heterocycles. The van der Waals surface area contributed by atoms with Gasteiger partial charge in [-0.2, -0.15) is 0 Å². The fraction of sp³-hybridized carbons (Fsp3) is 0.174. The highest BCUT2D eigenvalue weighted by atomic mass is 16.5. The monoisotopic (exact) mass is 405 g/mol. The van der Waals surface area contributed by atoms with Crippen molar-refractivity contribution >= 4 is 11.8 Å². The summed E-state index contributed by atoms with van der Waals surface area (Å²) in [7, 11) is 0. The molecule has 1 aromatic heterocycles. The van der Waals surface area contributed by atoms with Crippen LogP contribution in [0, 0.1) is 0 Å². The zero-order valence-electron chi connectivity index (χ0n) is 16.4. The van der Waals surface area contributed by atoms with Crippen molar-refractivity contribution < 1.29 is 19.1 Å². The van der Waals surface area contributed by atoms with E-state index in [0.717, 1.165) is 11.5 Å². The van der Waals surface area contributed by atoms with E-state index < -0.39 is 0 Å². The van der Waals surface area contributed by atoms with Gasteiger partial charge in [-0.15, -0.1) is 0 Å². The molecule has 7 heteroatoms. The Morgan fingerprint density at radius 3 is 1.50 bits per heavy atom. The molecule has 0 saturated heterocycles. The molecule has 7 nitrogen and oxygen atoms in total. The van der Waals surface area contributed by atoms with Crippen LogP contribution in [-0.2, 0) is 0 Å². The normalized spacial score (nSPS) is 10.1. The summed E-state index contributed by atoms with van der Waals surface area (Å²) in [6.07, 6.45) is 0. The van der Waals surface area contributed by atoms with E-state index in [9.17, 15) is 9.59 Å². The average molecular weight is 405 g/mol. The summed E-state index contributed by atoms with van der Waals surface area (Å²) in [5.74, 6) is 0.738. The van der Waals surface area contributed by atoms with Crippen LogP contribution in [0.3, 0.4) is 0 Å². The maximum absolute atomic E-state index is 12.3. The number of aromatic nitrogens is 1. The van der Waals surface area contributed by atoms with Crippen molar-refractivity contribution in [1.82, 2.24) is 15.6 Å². The number of carbonyl (C=O) groups is 2. The summed E-state index contributed by atoms with van der Waals surface area (Å²) in [4.78, 5) is 28.7. The lowest BCUT2D eigenvalue weighted by Gasteiger charge is -2.09. The SMILES string of the molecule is O=C(NCCOc1ccccc1)c1cccc(C(=O)NCCOc2ccccc2)n1. The molecule has 2 N–H and O–H groups in total. The smallest absolute Gasteiger partial charge is 0.270 e. The summed E-state index contributed by atoms with van der Waals surface area (Å²) in [5, 5.41) is 5.46. The summed E-state index contributed by atoms with van der Waals surface area (Å²) in [6, 6.07) is 23.4. The zero-order chi connectivity index (χ0) is 21.0. The van der Waals surface area contributed by atoms with Crippen LogP contribution in [0.25, 0.3) is 0 Å². The summed E-state index contributed by atoms with van der Waals surface area (Å²) in [5.41, 5.74) is 0.339. The molecule has 3 aromatic rings. The fourth-order valence-electron chi connectivity index (χ4n) is 2.57. The molecular weight excluding hydrogens is 382 g/mol. The van der Waals surface area contributed by atoms with Crippen LogP contribution in [0.5, 0.6) is 11.5 Å². The number of hydrogen-bond acceptors (Lipinski definition) is 5. The number of amides is 2. The van der Waals surface area contributed by atoms with Crippen LogP contribution in [0.2, 0.25) is 0 Å². The lowest BCUT2D eigenvalue weighted by molar-refractivity contribution is 0.0937. The second kappa shape index (κ2) is 11.2. The van der Waals surface area contributed by atoms with E-state index in [1.165, 1.54) is 0 Å². The molecule has 2 aromatic carbocycles. The minimum Gasteiger partial charge on any atom is -0.492 e. The van der Waals surface area contributed by atoms with Crippen molar-refractivity contribution in [3.8, 4) is 11.5 Å². The van der Waals surface area contributed by atoms with Crippen LogP contribution in [0.15, 0.2) is 78.9 Å². The minimum absolute atomic E-state index is 0.169. The van der Waals surface area contributed by atoms with E-state index in [4.69, 9.17) is 9.47 Å². The first kappa shape index (κ1) is 20.9. The van der Waals surface area contributed by atoms with Crippen LogP contribution < -0.4 is 20.1 Å². The first-order chi connectivity index (χ1) is 14.7. The van der Waals surface area contributed by atoms with Crippen molar-refractivity contribution in [1.29, 1.82) is 0 Å². The Morgan fingerprint density at radius 2 is 1.07 bits per heavy atom. The predicted molar refractivity (Wildman–Crippen MR) is 113 cm³/mol. The number of nitrogens with one attached hydrogen (secondary N) is 2. The van der Waals surface area contributed by atoms with Gasteiger partial charge in [-0.3, -0.25) is 9.59 Å². The molecule has 0 radical (unpaired) electrons. The van der Waals surface area contributed by atoms with Crippen LogP contribution in [0.1, 0.15) is 21.0 Å². The Kier molecular flexibility index (Phi) is 7.79. The van der Waals surface area contributed by atoms with E-state index in [1.807, 2.05) is 60.7 Å². The van der Waals surface area contributed by atoms with Gasteiger partial charge < -0.3 is 20.1 Å². The second-order valence-corrected chi connectivity index (χ2v) is 6.24. The fourth-order valence-corrected chi connectivity index (χ4v) is 2.57. The van der Waals surface area contributed by atoms with Crippen molar-refractivity contribution in [3.63, 3.8) is 0 Å². The molecule has 0 spiro atoms. The molecule has 154 valence electrons. The summed E-state index contributed by atoms with van der Waals surface area (Å²) >= 11 is 0. The van der Waals surface area contributed by atoms with E-state index in [0.29, 0.717) is 26.3 Å². The Bertz CT molecular complexity index is 874. The molecule has 0 bridgehead atoms. The van der Waals surface area contributed by atoms with E-state index in [-0.39, 0.29) is 23.2 Å². The molecule has 3 rings (SSSR count). The van der Waals surface area contributed by atoms with E-state index in [2.05, 4.69) is 15.6 Å². The number of rotatable bonds is 10. The third-order valence-electron chi connectivity index (χ3n) is 4.01. The van der Waals surface area contributed by atoms with Crippen LogP contribution in [0.4, 0.5) is 0 Å². The van der Waals surface area contributed by atoms with Gasteiger partial charge in [-0.1, -0.05) is 42.5 Å². The highest BCUT2D eigenvalue weighted by molar-refractivity contribution is 5.96. The molecule has 0 aliphatic carbocycles. The maximum Gasteiger partial charge on any atom is 0.270 e. The molecule has 2 amide bonds. The average Bonchev–Trinajstić information content (AvgIpc) is 2.81. The highest BCUT2D eigenvalue weighted by Crippen LogP contribution is 2.08. The molecule has 0 unspecified atom stereocenters. The minimum atomic E-state index is -0.367. The quantitative estimate of drug-likeness (QED) is 0.506. The van der Waals surface area contributed by atoms with Gasteiger partial charge in [0.1, 0.15) is 36.1 Å². The van der Waals surface area contributed by atoms with Crippen molar-refractivity contribution in [2.24, 2.45) is 0 Å². The van der Waals surface area contributed by atoms with Gasteiger partial charge in [0, 0.05) is 0 Å². The van der Waals surface area contributed by atoms with Crippen molar-refractivity contribution in [2.45, 2.75) is 0 Å². The largest absolute Gasteiger partial charge is 0.492 e. The van der Waals surface area contributed by atoms with Gasteiger partial charge in [-0.05, 0) is 36.4 Å². The van der Waals surface area contributed by atoms with Crippen molar-refractivity contribution in [2.75, 3.05) is 26.3 Å². The van der Waals surface area contributed by atoms with Gasteiger partial charge >= 0.3 is 0 Å². The van der Waals surface area contributed by atoms with Gasteiger partial charge in [0.15, 0.2) is 0 Å². The second-order valence-electron chi connectivity index (χ2n) is 6.24. The Balaban J connectivity index is 1.41. The third kappa shape index (κ3) is 6.63. The molecular formula is C23H23N3O4. The number of carbonyl (C=O) groups excluding carboxylic acids is 2. The molecule has 0 aliphatic rings. The summed E-state index contributed by atoms with van der Waals surface area (Å²) < 4.78 is 11.1. The molecule has 0 saturated carbocycles. The van der Waals surface area contributed by atoms with E-state index in [1.54, 1.807) is 18.2 Å². The standard InChI is InChI=1S/C23H23N3O4/c27-22(24-14-16-29-18-8-3-1-4-9-18)20-12-7-13-21(26-20)23(28)25-15-17-30-19-10-5-2-6-11-19/h1-13H,14-17H2,(H,24,27)(H,25,28). The van der Waals surface area contributed by atoms with Gasteiger partial charge in [0.05, 0.1) is 13.1 Å². The Labute approximate surface area is 175 Å². The number of nitrogens with zero attached hydrogens (tertiary/aromatic N) is 1. The van der Waals surface area contributed by atoms with Crippen LogP contribution >= 0.6 is 0 Å². The topological polar surface area (TPSA) is 89.5 Å². The van der Waals surface area contributed by atoms with Crippen molar-refractivity contribution in [3.05, 3.63) is 90.3 Å². The van der Waals surface area contributed by atoms with Gasteiger partial charge in [0.25, 0.3) is 11.8 Å². The Morgan fingerprint density at radius 1 is 0.633 bits per heavy atom. The highest BCUT2D eigenvalue weighted by Gasteiger charge is 2.12.